The van der Waals surface area contributed by atoms with Gasteiger partial charge in [0.2, 0.25) is 0 Å². The van der Waals surface area contributed by atoms with Crippen LogP contribution < -0.4 is 5.32 Å². The van der Waals surface area contributed by atoms with Crippen molar-refractivity contribution in [1.29, 1.82) is 0 Å². The fourth-order valence-electron chi connectivity index (χ4n) is 2.98. The van der Waals surface area contributed by atoms with Crippen molar-refractivity contribution in [2.24, 2.45) is 0 Å². The van der Waals surface area contributed by atoms with E-state index < -0.39 is 6.29 Å². The molecule has 3 rings (SSSR count). The van der Waals surface area contributed by atoms with E-state index in [1.54, 1.807) is 0 Å². The van der Waals surface area contributed by atoms with E-state index >= 15 is 0 Å². The van der Waals surface area contributed by atoms with E-state index in [-0.39, 0.29) is 0 Å². The predicted octanol–water partition coefficient (Wildman–Crippen LogP) is 2.02. The van der Waals surface area contributed by atoms with Crippen LogP contribution in [0.5, 0.6) is 0 Å². The van der Waals surface area contributed by atoms with Crippen LogP contribution in [-0.2, 0) is 11.2 Å². The summed E-state index contributed by atoms with van der Waals surface area (Å²) in [4.78, 5) is 0. The van der Waals surface area contributed by atoms with Gasteiger partial charge in [-0.25, -0.2) is 0 Å². The Morgan fingerprint density at radius 1 is 1.44 bits per heavy atom. The molecule has 0 spiro atoms. The highest BCUT2D eigenvalue weighted by atomic mass is 16.6. The van der Waals surface area contributed by atoms with Crippen LogP contribution >= 0.6 is 0 Å². The second-order valence-electron chi connectivity index (χ2n) is 5.00. The fourth-order valence-corrected chi connectivity index (χ4v) is 2.98. The van der Waals surface area contributed by atoms with Gasteiger partial charge in [-0.3, -0.25) is 0 Å². The Morgan fingerprint density at radius 3 is 3.17 bits per heavy atom. The molecule has 0 aromatic heterocycles. The maximum Gasteiger partial charge on any atom is 0.180 e. The summed E-state index contributed by atoms with van der Waals surface area (Å²) in [6, 6.07) is 6.68. The van der Waals surface area contributed by atoms with Crippen LogP contribution in [0.15, 0.2) is 24.3 Å². The third-order valence-electron chi connectivity index (χ3n) is 3.93. The highest BCUT2D eigenvalue weighted by Gasteiger charge is 2.25. The van der Waals surface area contributed by atoms with Gasteiger partial charge in [-0.15, -0.1) is 0 Å². The van der Waals surface area contributed by atoms with Gasteiger partial charge in [-0.1, -0.05) is 24.3 Å². The Kier molecular flexibility index (Phi) is 3.20. The predicted molar refractivity (Wildman–Crippen MR) is 71.1 cm³/mol. The average molecular weight is 245 g/mol. The van der Waals surface area contributed by atoms with Crippen molar-refractivity contribution in [2.75, 3.05) is 13.7 Å². The smallest absolute Gasteiger partial charge is 0.180 e. The molecule has 1 aliphatic carbocycles. The molecule has 2 atom stereocenters. The molecule has 1 aromatic rings. The zero-order valence-corrected chi connectivity index (χ0v) is 10.6. The van der Waals surface area contributed by atoms with E-state index in [1.807, 2.05) is 6.07 Å². The molecule has 0 saturated heterocycles. The Hall–Kier alpha value is -1.16. The van der Waals surface area contributed by atoms with Gasteiger partial charge in [-0.2, -0.15) is 0 Å². The lowest BCUT2D eigenvalue weighted by molar-refractivity contribution is -0.0769. The van der Waals surface area contributed by atoms with Gasteiger partial charge < -0.3 is 15.2 Å². The number of aliphatic hydroxyl groups excluding tert-OH is 1. The summed E-state index contributed by atoms with van der Waals surface area (Å²) in [5.74, 6) is 0. The molecule has 3 nitrogen and oxygen atoms in total. The third kappa shape index (κ3) is 1.99. The molecule has 1 aliphatic heterocycles. The first-order chi connectivity index (χ1) is 8.79. The Balaban J connectivity index is 1.99. The zero-order valence-electron chi connectivity index (χ0n) is 10.6. The highest BCUT2D eigenvalue weighted by molar-refractivity contribution is 5.74. The Labute approximate surface area is 107 Å². The number of hydrogen-bond acceptors (Lipinski definition) is 3. The van der Waals surface area contributed by atoms with Crippen molar-refractivity contribution in [1.82, 2.24) is 5.32 Å². The van der Waals surface area contributed by atoms with Crippen molar-refractivity contribution in [3.05, 3.63) is 41.0 Å². The first-order valence-corrected chi connectivity index (χ1v) is 6.57. The first-order valence-electron chi connectivity index (χ1n) is 6.57. The number of rotatable bonds is 2. The van der Waals surface area contributed by atoms with E-state index in [2.05, 4.69) is 23.5 Å². The Morgan fingerprint density at radius 2 is 2.33 bits per heavy atom. The van der Waals surface area contributed by atoms with Crippen LogP contribution in [0, 0.1) is 0 Å². The van der Waals surface area contributed by atoms with Crippen LogP contribution in [0.25, 0.3) is 5.57 Å². The lowest BCUT2D eigenvalue weighted by atomic mass is 9.81. The first kappa shape index (κ1) is 11.9. The second kappa shape index (κ2) is 4.84. The SMILES string of the molecule is COC(O)c1ccc2c(c1)CCC1NCCC=C21. The standard InChI is InChI=1S/C15H19NO2/c1-18-15(17)11-4-6-12-10(9-11)5-7-14-13(12)3-2-8-16-14/h3-4,6,9,14-17H,2,5,7-8H2,1H3. The average Bonchev–Trinajstić information content (AvgIpc) is 2.45. The largest absolute Gasteiger partial charge is 0.364 e. The molecular formula is C15H19NO2. The summed E-state index contributed by atoms with van der Waals surface area (Å²) >= 11 is 0. The number of fused-ring (bicyclic) bond motifs is 3. The molecule has 2 unspecified atom stereocenters. The van der Waals surface area contributed by atoms with Crippen LogP contribution in [0.3, 0.4) is 0 Å². The molecule has 96 valence electrons. The molecular weight excluding hydrogens is 226 g/mol. The van der Waals surface area contributed by atoms with Crippen LogP contribution in [0.2, 0.25) is 0 Å². The summed E-state index contributed by atoms with van der Waals surface area (Å²) in [7, 11) is 1.52. The van der Waals surface area contributed by atoms with Gasteiger partial charge >= 0.3 is 0 Å². The van der Waals surface area contributed by atoms with Crippen LogP contribution in [0.1, 0.15) is 35.8 Å². The number of hydrogen-bond donors (Lipinski definition) is 2. The molecule has 0 amide bonds. The molecule has 2 N–H and O–H groups in total. The topological polar surface area (TPSA) is 41.5 Å². The molecule has 2 aliphatic rings. The summed E-state index contributed by atoms with van der Waals surface area (Å²) in [6.45, 7) is 1.09. The lowest BCUT2D eigenvalue weighted by Crippen LogP contribution is -2.36. The summed E-state index contributed by atoms with van der Waals surface area (Å²) < 4.78 is 4.96. The fraction of sp³-hybridized carbons (Fsp3) is 0.467. The second-order valence-corrected chi connectivity index (χ2v) is 5.00. The highest BCUT2D eigenvalue weighted by Crippen LogP contribution is 2.34. The molecule has 1 aromatic carbocycles. The minimum absolute atomic E-state index is 0.518. The molecule has 3 heteroatoms. The number of nitrogens with one attached hydrogen (secondary N) is 1. The number of aliphatic hydroxyl groups is 1. The van der Waals surface area contributed by atoms with Gasteiger partial charge in [0, 0.05) is 18.7 Å². The van der Waals surface area contributed by atoms with Gasteiger partial charge in [0.15, 0.2) is 6.29 Å². The normalized spacial score (nSPS) is 23.9. The van der Waals surface area contributed by atoms with Gasteiger partial charge in [0.25, 0.3) is 0 Å². The number of aryl methyl sites for hydroxylation is 1. The van der Waals surface area contributed by atoms with E-state index in [0.717, 1.165) is 31.4 Å². The van der Waals surface area contributed by atoms with Crippen molar-refractivity contribution >= 4 is 5.57 Å². The van der Waals surface area contributed by atoms with Crippen molar-refractivity contribution in [3.63, 3.8) is 0 Å². The van der Waals surface area contributed by atoms with E-state index in [4.69, 9.17) is 4.74 Å². The van der Waals surface area contributed by atoms with E-state index in [9.17, 15) is 5.11 Å². The number of benzene rings is 1. The van der Waals surface area contributed by atoms with Crippen molar-refractivity contribution in [3.8, 4) is 0 Å². The zero-order chi connectivity index (χ0) is 12.5. The molecule has 0 bridgehead atoms. The van der Waals surface area contributed by atoms with Crippen LogP contribution in [-0.4, -0.2) is 24.8 Å². The quantitative estimate of drug-likeness (QED) is 0.783. The van der Waals surface area contributed by atoms with Gasteiger partial charge in [0.1, 0.15) is 0 Å². The van der Waals surface area contributed by atoms with Gasteiger partial charge in [0.05, 0.1) is 0 Å². The van der Waals surface area contributed by atoms with Crippen LogP contribution in [0.4, 0.5) is 0 Å². The monoisotopic (exact) mass is 245 g/mol. The third-order valence-corrected chi connectivity index (χ3v) is 3.93. The summed E-state index contributed by atoms with van der Waals surface area (Å²) in [5.41, 5.74) is 4.94. The molecule has 18 heavy (non-hydrogen) atoms. The molecule has 1 heterocycles. The van der Waals surface area contributed by atoms with Crippen molar-refractivity contribution < 1.29 is 9.84 Å². The maximum atomic E-state index is 9.71. The number of ether oxygens (including phenoxy) is 1. The number of methoxy groups -OCH3 is 1. The lowest BCUT2D eigenvalue weighted by Gasteiger charge is -2.32. The Bertz CT molecular complexity index is 481. The minimum Gasteiger partial charge on any atom is -0.364 e. The summed E-state index contributed by atoms with van der Waals surface area (Å²) in [5, 5.41) is 13.3. The maximum absolute atomic E-state index is 9.71. The van der Waals surface area contributed by atoms with E-state index in [1.165, 1.54) is 23.8 Å². The summed E-state index contributed by atoms with van der Waals surface area (Å²) in [6.07, 6.45) is 4.85. The molecule has 0 saturated carbocycles. The van der Waals surface area contributed by atoms with Gasteiger partial charge in [-0.05, 0) is 42.5 Å². The molecule has 0 fully saturated rings. The minimum atomic E-state index is -0.813. The molecule has 0 radical (unpaired) electrons. The van der Waals surface area contributed by atoms with E-state index in [0.29, 0.717) is 6.04 Å². The van der Waals surface area contributed by atoms with Crippen molar-refractivity contribution in [2.45, 2.75) is 31.6 Å².